The molecular formula is C33H65NO. The first-order valence-electron chi connectivity index (χ1n) is 16.6. The smallest absolute Gasteiger partial charge is 0.222 e. The number of carbonyl (C=O) groups excluding carboxylic acids is 1. The zero-order valence-electron chi connectivity index (χ0n) is 24.3. The van der Waals surface area contributed by atoms with E-state index in [1.54, 1.807) is 0 Å². The third-order valence-electron chi connectivity index (χ3n) is 8.20. The number of amides is 1. The molecule has 35 heavy (non-hydrogen) atoms. The van der Waals surface area contributed by atoms with Gasteiger partial charge in [-0.25, -0.2) is 0 Å². The number of unbranched alkanes of at least 4 members (excludes halogenated alkanes) is 26. The number of rotatable bonds is 28. The summed E-state index contributed by atoms with van der Waals surface area (Å²) in [5, 5.41) is 0. The van der Waals surface area contributed by atoms with Crippen molar-refractivity contribution < 1.29 is 4.79 Å². The Morgan fingerprint density at radius 1 is 0.457 bits per heavy atom. The van der Waals surface area contributed by atoms with Crippen molar-refractivity contribution in [2.24, 2.45) is 0 Å². The molecule has 0 unspecified atom stereocenters. The Kier molecular flexibility index (Phi) is 24.6. The van der Waals surface area contributed by atoms with Crippen LogP contribution in [0.15, 0.2) is 0 Å². The van der Waals surface area contributed by atoms with E-state index < -0.39 is 0 Å². The van der Waals surface area contributed by atoms with Crippen molar-refractivity contribution in [1.29, 1.82) is 0 Å². The van der Waals surface area contributed by atoms with Crippen LogP contribution in [-0.2, 0) is 4.79 Å². The summed E-state index contributed by atoms with van der Waals surface area (Å²) in [6.45, 7) is 4.33. The fraction of sp³-hybridized carbons (Fsp3) is 0.970. The first-order chi connectivity index (χ1) is 17.3. The number of nitrogens with zero attached hydrogens (tertiary/aromatic N) is 1. The lowest BCUT2D eigenvalue weighted by Crippen LogP contribution is -2.25. The Balaban J connectivity index is 1.62. The highest BCUT2D eigenvalue weighted by Gasteiger charge is 2.18. The minimum absolute atomic E-state index is 0.389. The molecule has 0 bridgehead atoms. The highest BCUT2D eigenvalue weighted by atomic mass is 16.2. The average Bonchev–Trinajstić information content (AvgIpc) is 3.28. The second-order valence-electron chi connectivity index (χ2n) is 11.7. The summed E-state index contributed by atoms with van der Waals surface area (Å²) in [6, 6.07) is 0. The van der Waals surface area contributed by atoms with Gasteiger partial charge >= 0.3 is 0 Å². The molecule has 0 atom stereocenters. The van der Waals surface area contributed by atoms with Crippen LogP contribution in [0.1, 0.15) is 193 Å². The topological polar surface area (TPSA) is 20.3 Å². The summed E-state index contributed by atoms with van der Waals surface area (Å²) in [5.41, 5.74) is 0. The second kappa shape index (κ2) is 26.5. The van der Waals surface area contributed by atoms with Gasteiger partial charge in [0.25, 0.3) is 0 Å². The van der Waals surface area contributed by atoms with E-state index in [9.17, 15) is 4.79 Å². The lowest BCUT2D eigenvalue weighted by Gasteiger charge is -2.14. The van der Waals surface area contributed by atoms with E-state index in [1.165, 1.54) is 173 Å². The first-order valence-corrected chi connectivity index (χ1v) is 16.6. The molecule has 208 valence electrons. The molecule has 1 aliphatic rings. The fourth-order valence-electron chi connectivity index (χ4n) is 5.74. The van der Waals surface area contributed by atoms with Gasteiger partial charge in [-0.1, -0.05) is 174 Å². The molecule has 2 nitrogen and oxygen atoms in total. The molecule has 1 amide bonds. The largest absolute Gasteiger partial charge is 0.343 e. The maximum absolute atomic E-state index is 11.6. The Hall–Kier alpha value is -0.530. The van der Waals surface area contributed by atoms with Gasteiger partial charge in [0.05, 0.1) is 0 Å². The van der Waals surface area contributed by atoms with E-state index in [1.807, 2.05) is 0 Å². The SMILES string of the molecule is CCCCCCCCCCCCCCCCCCCCCCCCCCCCCN1CCCC1=O. The van der Waals surface area contributed by atoms with Gasteiger partial charge in [-0.3, -0.25) is 4.79 Å². The molecule has 1 heterocycles. The minimum atomic E-state index is 0.389. The summed E-state index contributed by atoms with van der Waals surface area (Å²) < 4.78 is 0. The van der Waals surface area contributed by atoms with Crippen LogP contribution in [0.3, 0.4) is 0 Å². The number of likely N-dealkylation sites (tertiary alicyclic amines) is 1. The molecule has 0 radical (unpaired) electrons. The Morgan fingerprint density at radius 2 is 0.743 bits per heavy atom. The molecule has 0 aromatic carbocycles. The number of hydrogen-bond donors (Lipinski definition) is 0. The van der Waals surface area contributed by atoms with Gasteiger partial charge < -0.3 is 4.90 Å². The molecule has 1 rings (SSSR count). The molecule has 1 aliphatic heterocycles. The molecule has 0 aromatic rings. The molecular weight excluding hydrogens is 426 g/mol. The van der Waals surface area contributed by atoms with E-state index in [4.69, 9.17) is 0 Å². The van der Waals surface area contributed by atoms with Gasteiger partial charge in [-0.15, -0.1) is 0 Å². The Bertz CT molecular complexity index is 435. The predicted octanol–water partition coefficient (Wildman–Crippen LogP) is 11.2. The van der Waals surface area contributed by atoms with Crippen molar-refractivity contribution in [3.63, 3.8) is 0 Å². The van der Waals surface area contributed by atoms with Crippen LogP contribution in [0.4, 0.5) is 0 Å². The minimum Gasteiger partial charge on any atom is -0.343 e. The third-order valence-corrected chi connectivity index (χ3v) is 8.20. The molecule has 2 heteroatoms. The quantitative estimate of drug-likeness (QED) is 0.0996. The van der Waals surface area contributed by atoms with Crippen LogP contribution in [0.25, 0.3) is 0 Å². The molecule has 0 spiro atoms. The van der Waals surface area contributed by atoms with Crippen molar-refractivity contribution in [2.45, 2.75) is 193 Å². The van der Waals surface area contributed by atoms with E-state index in [-0.39, 0.29) is 0 Å². The number of hydrogen-bond acceptors (Lipinski definition) is 1. The maximum Gasteiger partial charge on any atom is 0.222 e. The highest BCUT2D eigenvalue weighted by Crippen LogP contribution is 2.16. The Labute approximate surface area is 221 Å². The summed E-state index contributed by atoms with van der Waals surface area (Å²) in [7, 11) is 0. The van der Waals surface area contributed by atoms with Crippen molar-refractivity contribution in [2.75, 3.05) is 13.1 Å². The fourth-order valence-corrected chi connectivity index (χ4v) is 5.74. The highest BCUT2D eigenvalue weighted by molar-refractivity contribution is 5.77. The van der Waals surface area contributed by atoms with Crippen molar-refractivity contribution in [3.8, 4) is 0 Å². The number of carbonyl (C=O) groups is 1. The van der Waals surface area contributed by atoms with Gasteiger partial charge in [-0.05, 0) is 12.8 Å². The standard InChI is InChI=1S/C33H65NO/c1-2-3-4-5-6-7-8-9-10-11-12-13-14-15-16-17-18-19-20-21-22-23-24-25-26-27-28-31-34-32-29-30-33(34)35/h2-32H2,1H3. The zero-order valence-corrected chi connectivity index (χ0v) is 24.3. The maximum atomic E-state index is 11.6. The van der Waals surface area contributed by atoms with Gasteiger partial charge in [-0.2, -0.15) is 0 Å². The predicted molar refractivity (Wildman–Crippen MR) is 156 cm³/mol. The zero-order chi connectivity index (χ0) is 25.1. The summed E-state index contributed by atoms with van der Waals surface area (Å²) in [5.74, 6) is 0.389. The molecule has 0 N–H and O–H groups in total. The summed E-state index contributed by atoms with van der Waals surface area (Å²) in [4.78, 5) is 13.6. The van der Waals surface area contributed by atoms with Gasteiger partial charge in [0.1, 0.15) is 0 Å². The normalized spacial score (nSPS) is 13.9. The van der Waals surface area contributed by atoms with Crippen molar-refractivity contribution >= 4 is 5.91 Å². The van der Waals surface area contributed by atoms with E-state index in [0.29, 0.717) is 5.91 Å². The van der Waals surface area contributed by atoms with Gasteiger partial charge in [0.2, 0.25) is 5.91 Å². The van der Waals surface area contributed by atoms with E-state index in [0.717, 1.165) is 25.9 Å². The van der Waals surface area contributed by atoms with Crippen LogP contribution in [0.2, 0.25) is 0 Å². The lowest BCUT2D eigenvalue weighted by molar-refractivity contribution is -0.127. The molecule has 0 aromatic heterocycles. The summed E-state index contributed by atoms with van der Waals surface area (Å²) >= 11 is 0. The first kappa shape index (κ1) is 32.5. The van der Waals surface area contributed by atoms with Crippen molar-refractivity contribution in [1.82, 2.24) is 4.90 Å². The van der Waals surface area contributed by atoms with Crippen molar-refractivity contribution in [3.05, 3.63) is 0 Å². The van der Waals surface area contributed by atoms with Gasteiger partial charge in [0.15, 0.2) is 0 Å². The van der Waals surface area contributed by atoms with Crippen LogP contribution in [0, 0.1) is 0 Å². The van der Waals surface area contributed by atoms with Crippen LogP contribution in [-0.4, -0.2) is 23.9 Å². The lowest BCUT2D eigenvalue weighted by atomic mass is 10.0. The van der Waals surface area contributed by atoms with Crippen LogP contribution in [0.5, 0.6) is 0 Å². The molecule has 0 aliphatic carbocycles. The third kappa shape index (κ3) is 22.4. The molecule has 0 saturated carbocycles. The monoisotopic (exact) mass is 492 g/mol. The second-order valence-corrected chi connectivity index (χ2v) is 11.7. The van der Waals surface area contributed by atoms with E-state index in [2.05, 4.69) is 11.8 Å². The molecule has 1 fully saturated rings. The van der Waals surface area contributed by atoms with Gasteiger partial charge in [0, 0.05) is 19.5 Å². The average molecular weight is 492 g/mol. The van der Waals surface area contributed by atoms with E-state index >= 15 is 0 Å². The van der Waals surface area contributed by atoms with Crippen LogP contribution < -0.4 is 0 Å². The Morgan fingerprint density at radius 3 is 1.00 bits per heavy atom. The molecule has 1 saturated heterocycles. The summed E-state index contributed by atoms with van der Waals surface area (Å²) in [6.07, 6.45) is 40.8. The van der Waals surface area contributed by atoms with Crippen LogP contribution >= 0.6 is 0 Å².